The molecule has 0 radical (unpaired) electrons. The van der Waals surface area contributed by atoms with Crippen LogP contribution in [0.2, 0.25) is 0 Å². The summed E-state index contributed by atoms with van der Waals surface area (Å²) in [6, 6.07) is 0. The largest absolute Gasteiger partial charge is 0.394 e. The Balaban J connectivity index is 2.41. The van der Waals surface area contributed by atoms with Gasteiger partial charge in [0.25, 0.3) is 0 Å². The summed E-state index contributed by atoms with van der Waals surface area (Å²) in [5.41, 5.74) is -0.565. The first kappa shape index (κ1) is 15.4. The smallest absolute Gasteiger partial charge is 0.332 e. The van der Waals surface area contributed by atoms with Crippen molar-refractivity contribution < 1.29 is 14.8 Å². The van der Waals surface area contributed by atoms with Crippen molar-refractivity contribution in [3.8, 4) is 0 Å². The van der Waals surface area contributed by atoms with Gasteiger partial charge in [0.2, 0.25) is 11.8 Å². The highest BCUT2D eigenvalue weighted by Gasteiger charge is 2.35. The maximum Gasteiger partial charge on any atom is 0.332 e. The molecule has 0 spiro atoms. The fourth-order valence-corrected chi connectivity index (χ4v) is 2.32. The van der Waals surface area contributed by atoms with E-state index in [0.717, 1.165) is 0 Å². The molecule has 0 unspecified atom stereocenters. The van der Waals surface area contributed by atoms with E-state index >= 15 is 0 Å². The van der Waals surface area contributed by atoms with Crippen LogP contribution in [0, 0.1) is 17.0 Å². The van der Waals surface area contributed by atoms with Gasteiger partial charge in [-0.25, -0.2) is 4.98 Å². The van der Waals surface area contributed by atoms with Crippen LogP contribution < -0.4 is 10.6 Å². The van der Waals surface area contributed by atoms with E-state index in [2.05, 4.69) is 20.6 Å². The van der Waals surface area contributed by atoms with Crippen LogP contribution in [0.25, 0.3) is 0 Å². The van der Waals surface area contributed by atoms with Crippen LogP contribution in [0.15, 0.2) is 0 Å². The molecule has 1 aliphatic heterocycles. The number of ether oxygens (including phenoxy) is 1. The number of anilines is 2. The van der Waals surface area contributed by atoms with Gasteiger partial charge in [-0.1, -0.05) is 0 Å². The minimum atomic E-state index is -0.658. The van der Waals surface area contributed by atoms with Crippen molar-refractivity contribution in [3.05, 3.63) is 15.8 Å². The standard InChI is InChI=1S/C12H19N5O4/c1-8-9(17(19)20)10(15-11(13-2)14-8)16-12(7-18)3-5-21-6-4-12/h18H,3-7H2,1-2H3,(H2,13,14,15,16). The SMILES string of the molecule is CNc1nc(C)c([N+](=O)[O-])c(NC2(CO)CCOCC2)n1. The van der Waals surface area contributed by atoms with Gasteiger partial charge in [0, 0.05) is 20.3 Å². The molecule has 0 amide bonds. The maximum atomic E-state index is 11.3. The number of nitrogens with zero attached hydrogens (tertiary/aromatic N) is 3. The Hall–Kier alpha value is -2.00. The first-order valence-corrected chi connectivity index (χ1v) is 6.69. The van der Waals surface area contributed by atoms with Crippen molar-refractivity contribution in [1.29, 1.82) is 0 Å². The quantitative estimate of drug-likeness (QED) is 0.536. The van der Waals surface area contributed by atoms with Crippen LogP contribution in [0.5, 0.6) is 0 Å². The van der Waals surface area contributed by atoms with Crippen LogP contribution in [0.3, 0.4) is 0 Å². The summed E-state index contributed by atoms with van der Waals surface area (Å²) in [7, 11) is 1.64. The van der Waals surface area contributed by atoms with E-state index < -0.39 is 10.5 Å². The van der Waals surface area contributed by atoms with E-state index in [1.165, 1.54) is 0 Å². The van der Waals surface area contributed by atoms with Gasteiger partial charge in [-0.2, -0.15) is 4.98 Å². The first-order chi connectivity index (χ1) is 10.0. The molecule has 9 heteroatoms. The van der Waals surface area contributed by atoms with Gasteiger partial charge in [0.1, 0.15) is 5.69 Å². The number of aromatic nitrogens is 2. The molecule has 1 aromatic rings. The molecule has 0 aromatic carbocycles. The van der Waals surface area contributed by atoms with Gasteiger partial charge in [0.05, 0.1) is 17.1 Å². The summed E-state index contributed by atoms with van der Waals surface area (Å²) in [5, 5.41) is 26.8. The number of hydrogen-bond donors (Lipinski definition) is 3. The Bertz CT molecular complexity index is 531. The normalized spacial score (nSPS) is 17.3. The second-order valence-electron chi connectivity index (χ2n) is 5.01. The fourth-order valence-electron chi connectivity index (χ4n) is 2.32. The van der Waals surface area contributed by atoms with E-state index in [0.29, 0.717) is 32.0 Å². The maximum absolute atomic E-state index is 11.3. The molecule has 0 saturated carbocycles. The number of aryl methyl sites for hydroxylation is 1. The molecule has 0 aliphatic carbocycles. The number of nitro groups is 1. The Morgan fingerprint density at radius 1 is 1.43 bits per heavy atom. The molecule has 116 valence electrons. The molecule has 1 aliphatic rings. The van der Waals surface area contributed by atoms with E-state index in [9.17, 15) is 15.2 Å². The van der Waals surface area contributed by atoms with Crippen LogP contribution >= 0.6 is 0 Å². The van der Waals surface area contributed by atoms with E-state index in [4.69, 9.17) is 4.74 Å². The predicted octanol–water partition coefficient (Wildman–Crippen LogP) is 0.688. The van der Waals surface area contributed by atoms with Crippen molar-refractivity contribution in [1.82, 2.24) is 9.97 Å². The third-order valence-electron chi connectivity index (χ3n) is 3.60. The molecule has 0 bridgehead atoms. The molecule has 2 heterocycles. The summed E-state index contributed by atoms with van der Waals surface area (Å²) < 4.78 is 5.28. The number of aliphatic hydroxyl groups is 1. The highest BCUT2D eigenvalue weighted by Crippen LogP contribution is 2.32. The third-order valence-corrected chi connectivity index (χ3v) is 3.60. The van der Waals surface area contributed by atoms with Gasteiger partial charge >= 0.3 is 5.69 Å². The molecule has 1 aromatic heterocycles. The van der Waals surface area contributed by atoms with Crippen molar-refractivity contribution >= 4 is 17.5 Å². The third kappa shape index (κ3) is 3.19. The summed E-state index contributed by atoms with van der Waals surface area (Å²) in [6.07, 6.45) is 1.11. The summed E-state index contributed by atoms with van der Waals surface area (Å²) in [6.45, 7) is 2.39. The van der Waals surface area contributed by atoms with E-state index in [1.807, 2.05) is 0 Å². The fraction of sp³-hybridized carbons (Fsp3) is 0.667. The minimum Gasteiger partial charge on any atom is -0.394 e. The Morgan fingerprint density at radius 3 is 2.62 bits per heavy atom. The topological polar surface area (TPSA) is 122 Å². The summed E-state index contributed by atoms with van der Waals surface area (Å²) >= 11 is 0. The monoisotopic (exact) mass is 297 g/mol. The lowest BCUT2D eigenvalue weighted by molar-refractivity contribution is -0.385. The second kappa shape index (κ2) is 6.19. The summed E-state index contributed by atoms with van der Waals surface area (Å²) in [5.74, 6) is 0.411. The van der Waals surface area contributed by atoms with Crippen LogP contribution in [0.1, 0.15) is 18.5 Å². The van der Waals surface area contributed by atoms with Crippen molar-refractivity contribution in [2.45, 2.75) is 25.3 Å². The molecule has 1 saturated heterocycles. The zero-order chi connectivity index (χ0) is 15.5. The molecule has 3 N–H and O–H groups in total. The van der Waals surface area contributed by atoms with Gasteiger partial charge in [-0.15, -0.1) is 0 Å². The number of rotatable bonds is 5. The molecule has 21 heavy (non-hydrogen) atoms. The molecule has 0 atom stereocenters. The lowest BCUT2D eigenvalue weighted by Gasteiger charge is -2.36. The zero-order valence-corrected chi connectivity index (χ0v) is 12.0. The molecular weight excluding hydrogens is 278 g/mol. The second-order valence-corrected chi connectivity index (χ2v) is 5.01. The summed E-state index contributed by atoms with van der Waals surface area (Å²) in [4.78, 5) is 18.9. The average Bonchev–Trinajstić information content (AvgIpc) is 2.47. The van der Waals surface area contributed by atoms with Crippen molar-refractivity contribution in [2.24, 2.45) is 0 Å². The van der Waals surface area contributed by atoms with Crippen LogP contribution in [-0.2, 0) is 4.74 Å². The lowest BCUT2D eigenvalue weighted by atomic mass is 9.91. The number of nitrogens with one attached hydrogen (secondary N) is 2. The van der Waals surface area contributed by atoms with Gasteiger partial charge < -0.3 is 20.5 Å². The van der Waals surface area contributed by atoms with Gasteiger partial charge in [-0.3, -0.25) is 10.1 Å². The number of aliphatic hydroxyl groups excluding tert-OH is 1. The Labute approximate surface area is 121 Å². The van der Waals surface area contributed by atoms with Crippen molar-refractivity contribution in [2.75, 3.05) is 37.5 Å². The Kier molecular flexibility index (Phi) is 4.53. The van der Waals surface area contributed by atoms with Crippen molar-refractivity contribution in [3.63, 3.8) is 0 Å². The van der Waals surface area contributed by atoms with Gasteiger partial charge in [0.15, 0.2) is 0 Å². The first-order valence-electron chi connectivity index (χ1n) is 6.69. The van der Waals surface area contributed by atoms with E-state index in [1.54, 1.807) is 14.0 Å². The zero-order valence-electron chi connectivity index (χ0n) is 12.0. The highest BCUT2D eigenvalue weighted by molar-refractivity contribution is 5.62. The van der Waals surface area contributed by atoms with Crippen LogP contribution in [-0.4, -0.2) is 52.4 Å². The van der Waals surface area contributed by atoms with E-state index in [-0.39, 0.29) is 23.8 Å². The Morgan fingerprint density at radius 2 is 2.10 bits per heavy atom. The van der Waals surface area contributed by atoms with Crippen LogP contribution in [0.4, 0.5) is 17.5 Å². The highest BCUT2D eigenvalue weighted by atomic mass is 16.6. The average molecular weight is 297 g/mol. The lowest BCUT2D eigenvalue weighted by Crippen LogP contribution is -2.47. The minimum absolute atomic E-state index is 0.118. The molecule has 1 fully saturated rings. The molecule has 2 rings (SSSR count). The predicted molar refractivity (Wildman–Crippen MR) is 76.5 cm³/mol. The molecular formula is C12H19N5O4. The number of hydrogen-bond acceptors (Lipinski definition) is 8. The van der Waals surface area contributed by atoms with Gasteiger partial charge in [-0.05, 0) is 19.8 Å². The molecule has 9 nitrogen and oxygen atoms in total.